The van der Waals surface area contributed by atoms with E-state index in [1.165, 1.54) is 7.11 Å². The summed E-state index contributed by atoms with van der Waals surface area (Å²) in [5, 5.41) is 6.35. The molecule has 0 aliphatic heterocycles. The Kier molecular flexibility index (Phi) is 7.16. The Bertz CT molecular complexity index is 387. The molecular weight excluding hydrogens is 244 g/mol. The lowest BCUT2D eigenvalue weighted by Crippen LogP contribution is -2.39. The number of carbonyl (C=O) groups is 1. The molecule has 0 aromatic carbocycles. The van der Waals surface area contributed by atoms with E-state index in [0.29, 0.717) is 13.0 Å². The first-order valence-corrected chi connectivity index (χ1v) is 6.46. The second kappa shape index (κ2) is 9.02. The Hall–Kier alpha value is -1.98. The second-order valence-corrected chi connectivity index (χ2v) is 3.93. The van der Waals surface area contributed by atoms with Gasteiger partial charge < -0.3 is 19.9 Å². The van der Waals surface area contributed by atoms with Crippen LogP contribution in [0.1, 0.15) is 13.3 Å². The number of carbonyl (C=O) groups excluding carboxylic acids is 1. The molecule has 0 unspecified atom stereocenters. The van der Waals surface area contributed by atoms with Crippen LogP contribution in [0.15, 0.2) is 29.5 Å². The normalized spacial score (nSPS) is 11.2. The van der Waals surface area contributed by atoms with Gasteiger partial charge in [-0.3, -0.25) is 9.79 Å². The predicted molar refractivity (Wildman–Crippen MR) is 75.0 cm³/mol. The lowest BCUT2D eigenvalue weighted by molar-refractivity contribution is -0.140. The summed E-state index contributed by atoms with van der Waals surface area (Å²) < 4.78 is 6.66. The number of guanidine groups is 1. The molecule has 1 heterocycles. The Balaban J connectivity index is 2.30. The monoisotopic (exact) mass is 266 g/mol. The Labute approximate surface area is 113 Å². The zero-order chi connectivity index (χ0) is 13.9. The number of rotatable bonds is 7. The fraction of sp³-hybridized carbons (Fsp3) is 0.538. The van der Waals surface area contributed by atoms with E-state index in [9.17, 15) is 4.79 Å². The van der Waals surface area contributed by atoms with Gasteiger partial charge in [-0.2, -0.15) is 0 Å². The van der Waals surface area contributed by atoms with Gasteiger partial charge in [0.2, 0.25) is 0 Å². The molecule has 2 N–H and O–H groups in total. The number of aliphatic imine (C=N–C) groups is 1. The van der Waals surface area contributed by atoms with Crippen molar-refractivity contribution >= 4 is 11.9 Å². The van der Waals surface area contributed by atoms with Gasteiger partial charge in [-0.25, -0.2) is 0 Å². The quantitative estimate of drug-likeness (QED) is 0.431. The minimum Gasteiger partial charge on any atom is -0.469 e. The predicted octanol–water partition coefficient (Wildman–Crippen LogP) is 0.606. The molecule has 0 spiro atoms. The molecular formula is C13H22N4O2. The van der Waals surface area contributed by atoms with Crippen molar-refractivity contribution in [3.8, 4) is 0 Å². The van der Waals surface area contributed by atoms with E-state index in [0.717, 1.165) is 25.6 Å². The molecule has 6 nitrogen and oxygen atoms in total. The number of methoxy groups -OCH3 is 1. The summed E-state index contributed by atoms with van der Waals surface area (Å²) in [7, 11) is 1.38. The van der Waals surface area contributed by atoms with Gasteiger partial charge in [-0.15, -0.1) is 0 Å². The molecule has 0 radical (unpaired) electrons. The van der Waals surface area contributed by atoms with Crippen LogP contribution in [0.25, 0.3) is 0 Å². The van der Waals surface area contributed by atoms with Gasteiger partial charge in [-0.1, -0.05) is 0 Å². The first-order valence-electron chi connectivity index (χ1n) is 6.46. The SMILES string of the molecule is CCNC(=NCCC(=O)OC)NCCn1cccc1. The van der Waals surface area contributed by atoms with Crippen molar-refractivity contribution < 1.29 is 9.53 Å². The van der Waals surface area contributed by atoms with Crippen molar-refractivity contribution in [1.29, 1.82) is 0 Å². The Morgan fingerprint density at radius 2 is 2.05 bits per heavy atom. The number of aromatic nitrogens is 1. The first kappa shape index (κ1) is 15.1. The molecule has 6 heteroatoms. The molecule has 0 saturated heterocycles. The summed E-state index contributed by atoms with van der Waals surface area (Å²) in [5.74, 6) is 0.477. The number of hydrogen-bond acceptors (Lipinski definition) is 3. The van der Waals surface area contributed by atoms with Gasteiger partial charge in [0, 0.05) is 32.0 Å². The fourth-order valence-corrected chi connectivity index (χ4v) is 1.53. The highest BCUT2D eigenvalue weighted by atomic mass is 16.5. The van der Waals surface area contributed by atoms with Gasteiger partial charge in [0.1, 0.15) is 0 Å². The van der Waals surface area contributed by atoms with Crippen LogP contribution < -0.4 is 10.6 Å². The molecule has 19 heavy (non-hydrogen) atoms. The van der Waals surface area contributed by atoms with Crippen LogP contribution in [0.2, 0.25) is 0 Å². The maximum Gasteiger partial charge on any atom is 0.307 e. The number of esters is 1. The van der Waals surface area contributed by atoms with Gasteiger partial charge in [0.15, 0.2) is 5.96 Å². The van der Waals surface area contributed by atoms with E-state index in [1.807, 2.05) is 31.5 Å². The van der Waals surface area contributed by atoms with Crippen molar-refractivity contribution in [2.75, 3.05) is 26.7 Å². The average Bonchev–Trinajstić information content (AvgIpc) is 2.91. The van der Waals surface area contributed by atoms with Crippen LogP contribution in [0.3, 0.4) is 0 Å². The summed E-state index contributed by atoms with van der Waals surface area (Å²) in [6.45, 7) is 4.86. The highest BCUT2D eigenvalue weighted by Crippen LogP contribution is 1.89. The Morgan fingerprint density at radius 3 is 2.68 bits per heavy atom. The van der Waals surface area contributed by atoms with E-state index < -0.39 is 0 Å². The molecule has 0 amide bonds. The van der Waals surface area contributed by atoms with Gasteiger partial charge >= 0.3 is 5.97 Å². The van der Waals surface area contributed by atoms with Gasteiger partial charge in [0.25, 0.3) is 0 Å². The van der Waals surface area contributed by atoms with Crippen LogP contribution in [-0.2, 0) is 16.1 Å². The van der Waals surface area contributed by atoms with Gasteiger partial charge in [0.05, 0.1) is 20.1 Å². The third kappa shape index (κ3) is 6.49. The number of hydrogen-bond donors (Lipinski definition) is 2. The van der Waals surface area contributed by atoms with Crippen molar-refractivity contribution in [3.05, 3.63) is 24.5 Å². The number of nitrogens with one attached hydrogen (secondary N) is 2. The first-order chi connectivity index (χ1) is 9.26. The molecule has 0 atom stereocenters. The highest BCUT2D eigenvalue weighted by molar-refractivity contribution is 5.80. The maximum absolute atomic E-state index is 11.0. The van der Waals surface area contributed by atoms with Crippen molar-refractivity contribution in [1.82, 2.24) is 15.2 Å². The smallest absolute Gasteiger partial charge is 0.307 e. The average molecular weight is 266 g/mol. The number of ether oxygens (including phenoxy) is 1. The molecule has 0 aliphatic carbocycles. The van der Waals surface area contributed by atoms with Gasteiger partial charge in [-0.05, 0) is 19.1 Å². The third-order valence-corrected chi connectivity index (χ3v) is 2.49. The van der Waals surface area contributed by atoms with E-state index in [2.05, 4.69) is 24.9 Å². The third-order valence-electron chi connectivity index (χ3n) is 2.49. The zero-order valence-electron chi connectivity index (χ0n) is 11.6. The summed E-state index contributed by atoms with van der Waals surface area (Å²) in [6.07, 6.45) is 4.33. The molecule has 0 saturated carbocycles. The van der Waals surface area contributed by atoms with E-state index >= 15 is 0 Å². The molecule has 0 aliphatic rings. The zero-order valence-corrected chi connectivity index (χ0v) is 11.6. The van der Waals surface area contributed by atoms with E-state index in [1.54, 1.807) is 0 Å². The summed E-state index contributed by atoms with van der Waals surface area (Å²) in [6, 6.07) is 3.99. The molecule has 0 bridgehead atoms. The summed E-state index contributed by atoms with van der Waals surface area (Å²) in [5.41, 5.74) is 0. The van der Waals surface area contributed by atoms with E-state index in [4.69, 9.17) is 0 Å². The molecule has 1 rings (SSSR count). The molecule has 106 valence electrons. The molecule has 1 aromatic heterocycles. The largest absolute Gasteiger partial charge is 0.469 e. The summed E-state index contributed by atoms with van der Waals surface area (Å²) in [4.78, 5) is 15.3. The maximum atomic E-state index is 11.0. The standard InChI is InChI=1S/C13H22N4O2/c1-3-14-13(15-7-6-12(18)19-2)16-8-11-17-9-4-5-10-17/h4-5,9-10H,3,6-8,11H2,1-2H3,(H2,14,15,16). The molecule has 0 fully saturated rings. The van der Waals surface area contributed by atoms with Crippen LogP contribution in [-0.4, -0.2) is 43.2 Å². The lowest BCUT2D eigenvalue weighted by atomic mass is 10.4. The highest BCUT2D eigenvalue weighted by Gasteiger charge is 2.00. The van der Waals surface area contributed by atoms with Crippen molar-refractivity contribution in [2.45, 2.75) is 19.9 Å². The van der Waals surface area contributed by atoms with Crippen LogP contribution in [0.5, 0.6) is 0 Å². The topological polar surface area (TPSA) is 67.7 Å². The molecule has 1 aromatic rings. The van der Waals surface area contributed by atoms with Crippen molar-refractivity contribution in [2.24, 2.45) is 4.99 Å². The Morgan fingerprint density at radius 1 is 1.32 bits per heavy atom. The van der Waals surface area contributed by atoms with Crippen molar-refractivity contribution in [3.63, 3.8) is 0 Å². The summed E-state index contributed by atoms with van der Waals surface area (Å²) >= 11 is 0. The van der Waals surface area contributed by atoms with Crippen LogP contribution >= 0.6 is 0 Å². The lowest BCUT2D eigenvalue weighted by Gasteiger charge is -2.11. The minimum atomic E-state index is -0.244. The fourth-order valence-electron chi connectivity index (χ4n) is 1.53. The van der Waals surface area contributed by atoms with E-state index in [-0.39, 0.29) is 5.97 Å². The van der Waals surface area contributed by atoms with Crippen LogP contribution in [0, 0.1) is 0 Å². The second-order valence-electron chi connectivity index (χ2n) is 3.93. The number of nitrogens with zero attached hydrogens (tertiary/aromatic N) is 2. The van der Waals surface area contributed by atoms with Crippen LogP contribution in [0.4, 0.5) is 0 Å². The minimum absolute atomic E-state index is 0.244.